The van der Waals surface area contributed by atoms with E-state index in [-0.39, 0.29) is 29.4 Å². The highest BCUT2D eigenvalue weighted by Crippen LogP contribution is 2.41. The van der Waals surface area contributed by atoms with Crippen molar-refractivity contribution in [3.8, 4) is 22.8 Å². The van der Waals surface area contributed by atoms with E-state index in [2.05, 4.69) is 11.8 Å². The molecule has 0 radical (unpaired) electrons. The predicted molar refractivity (Wildman–Crippen MR) is 120 cm³/mol. The van der Waals surface area contributed by atoms with E-state index >= 15 is 0 Å². The molecule has 1 fully saturated rings. The monoisotopic (exact) mass is 442 g/mol. The van der Waals surface area contributed by atoms with Crippen LogP contribution in [0, 0.1) is 0 Å². The average Bonchev–Trinajstić information content (AvgIpc) is 2.79. The standard InChI is InChI=1S/C24H30N2O6/c1-3-17-11-16-12-23(32-10-7-25-5-8-30-9-6-25)22(28)13-18(16)20-14-21(27)19(15-26(17)20)24(29)31-4-2/h12-15,17,28H,3-11H2,1-2H3. The lowest BCUT2D eigenvalue weighted by molar-refractivity contribution is 0.0321. The molecule has 1 N–H and O–H groups in total. The van der Waals surface area contributed by atoms with Crippen molar-refractivity contribution in [1.29, 1.82) is 0 Å². The molecular weight excluding hydrogens is 412 g/mol. The Kier molecular flexibility index (Phi) is 6.81. The molecule has 1 saturated heterocycles. The Bertz CT molecular complexity index is 1040. The van der Waals surface area contributed by atoms with Gasteiger partial charge < -0.3 is 23.9 Å². The van der Waals surface area contributed by atoms with Gasteiger partial charge in [0.05, 0.1) is 25.5 Å². The van der Waals surface area contributed by atoms with Crippen LogP contribution < -0.4 is 10.2 Å². The third kappa shape index (κ3) is 4.52. The van der Waals surface area contributed by atoms with Gasteiger partial charge in [0.1, 0.15) is 12.2 Å². The number of hydrogen-bond acceptors (Lipinski definition) is 7. The molecule has 0 amide bonds. The molecule has 0 saturated carbocycles. The van der Waals surface area contributed by atoms with E-state index < -0.39 is 5.97 Å². The Morgan fingerprint density at radius 1 is 1.22 bits per heavy atom. The van der Waals surface area contributed by atoms with E-state index in [1.807, 2.05) is 10.6 Å². The van der Waals surface area contributed by atoms with Crippen molar-refractivity contribution in [2.45, 2.75) is 32.7 Å². The molecule has 0 spiro atoms. The summed E-state index contributed by atoms with van der Waals surface area (Å²) in [4.78, 5) is 27.1. The Balaban J connectivity index is 1.61. The lowest BCUT2D eigenvalue weighted by Gasteiger charge is -2.31. The zero-order chi connectivity index (χ0) is 22.7. The number of benzene rings is 1. The van der Waals surface area contributed by atoms with Crippen LogP contribution in [0.2, 0.25) is 0 Å². The first-order valence-electron chi connectivity index (χ1n) is 11.2. The number of esters is 1. The van der Waals surface area contributed by atoms with Gasteiger partial charge in [-0.3, -0.25) is 9.69 Å². The summed E-state index contributed by atoms with van der Waals surface area (Å²) in [7, 11) is 0. The Hall–Kier alpha value is -2.84. The number of nitrogens with zero attached hydrogens (tertiary/aromatic N) is 2. The molecule has 0 bridgehead atoms. The molecule has 1 aromatic carbocycles. The molecule has 4 rings (SSSR count). The smallest absolute Gasteiger partial charge is 0.343 e. The fraction of sp³-hybridized carbons (Fsp3) is 0.500. The number of carbonyl (C=O) groups is 1. The van der Waals surface area contributed by atoms with Crippen molar-refractivity contribution in [3.05, 3.63) is 45.7 Å². The highest BCUT2D eigenvalue weighted by atomic mass is 16.5. The second kappa shape index (κ2) is 9.75. The molecule has 2 aliphatic rings. The van der Waals surface area contributed by atoms with Crippen LogP contribution >= 0.6 is 0 Å². The second-order valence-electron chi connectivity index (χ2n) is 8.11. The first kappa shape index (κ1) is 22.4. The highest BCUT2D eigenvalue weighted by Gasteiger charge is 2.27. The lowest BCUT2D eigenvalue weighted by Crippen LogP contribution is -2.38. The van der Waals surface area contributed by atoms with Gasteiger partial charge in [-0.1, -0.05) is 6.92 Å². The molecular formula is C24H30N2O6. The zero-order valence-corrected chi connectivity index (χ0v) is 18.6. The van der Waals surface area contributed by atoms with Crippen molar-refractivity contribution in [2.24, 2.45) is 0 Å². The number of hydrogen-bond donors (Lipinski definition) is 1. The lowest BCUT2D eigenvalue weighted by atomic mass is 9.90. The predicted octanol–water partition coefficient (Wildman–Crippen LogP) is 2.62. The van der Waals surface area contributed by atoms with Gasteiger partial charge in [-0.15, -0.1) is 0 Å². The normalized spacial score (nSPS) is 18.0. The molecule has 8 heteroatoms. The second-order valence-corrected chi connectivity index (χ2v) is 8.11. The molecule has 2 aliphatic heterocycles. The number of carbonyl (C=O) groups excluding carboxylic acids is 1. The largest absolute Gasteiger partial charge is 0.504 e. The molecule has 0 aliphatic carbocycles. The first-order chi connectivity index (χ1) is 15.5. The number of pyridine rings is 1. The number of aromatic nitrogens is 1. The number of phenolic OH excluding ortho intramolecular Hbond substituents is 1. The molecule has 3 heterocycles. The van der Waals surface area contributed by atoms with Crippen molar-refractivity contribution >= 4 is 5.97 Å². The summed E-state index contributed by atoms with van der Waals surface area (Å²) in [5.74, 6) is -0.125. The molecule has 1 aromatic heterocycles. The minimum atomic E-state index is -0.611. The molecule has 8 nitrogen and oxygen atoms in total. The third-order valence-corrected chi connectivity index (χ3v) is 6.12. The van der Waals surface area contributed by atoms with E-state index in [9.17, 15) is 14.7 Å². The minimum absolute atomic E-state index is 0.0322. The van der Waals surface area contributed by atoms with Gasteiger partial charge in [-0.25, -0.2) is 4.79 Å². The van der Waals surface area contributed by atoms with Gasteiger partial charge in [-0.2, -0.15) is 0 Å². The van der Waals surface area contributed by atoms with Gasteiger partial charge in [0, 0.05) is 43.5 Å². The van der Waals surface area contributed by atoms with Crippen molar-refractivity contribution in [1.82, 2.24) is 9.47 Å². The number of aromatic hydroxyl groups is 1. The summed E-state index contributed by atoms with van der Waals surface area (Å²) < 4.78 is 18.3. The van der Waals surface area contributed by atoms with Crippen LogP contribution in [0.15, 0.2) is 29.2 Å². The van der Waals surface area contributed by atoms with Gasteiger partial charge in [-0.05, 0) is 37.5 Å². The summed E-state index contributed by atoms with van der Waals surface area (Å²) in [5, 5.41) is 10.6. The van der Waals surface area contributed by atoms with Crippen LogP contribution in [0.25, 0.3) is 11.3 Å². The fourth-order valence-corrected chi connectivity index (χ4v) is 4.37. The van der Waals surface area contributed by atoms with Crippen LogP contribution in [0.1, 0.15) is 42.2 Å². The maximum absolute atomic E-state index is 12.6. The minimum Gasteiger partial charge on any atom is -0.504 e. The van der Waals surface area contributed by atoms with Gasteiger partial charge in [0.25, 0.3) is 0 Å². The van der Waals surface area contributed by atoms with Crippen LogP contribution in [0.4, 0.5) is 0 Å². The van der Waals surface area contributed by atoms with Crippen LogP contribution in [-0.2, 0) is 15.9 Å². The number of fused-ring (bicyclic) bond motifs is 3. The topological polar surface area (TPSA) is 90.2 Å². The molecule has 2 aromatic rings. The van der Waals surface area contributed by atoms with Gasteiger partial charge in [0.15, 0.2) is 16.9 Å². The van der Waals surface area contributed by atoms with Crippen LogP contribution in [0.5, 0.6) is 11.5 Å². The summed E-state index contributed by atoms with van der Waals surface area (Å²) in [6, 6.07) is 5.07. The summed E-state index contributed by atoms with van der Waals surface area (Å²) in [6.45, 7) is 8.48. The van der Waals surface area contributed by atoms with Gasteiger partial charge in [0.2, 0.25) is 0 Å². The van der Waals surface area contributed by atoms with E-state index in [1.165, 1.54) is 6.07 Å². The summed E-state index contributed by atoms with van der Waals surface area (Å²) in [6.07, 6.45) is 3.13. The Morgan fingerprint density at radius 2 is 2.00 bits per heavy atom. The number of phenols is 1. The highest BCUT2D eigenvalue weighted by molar-refractivity contribution is 5.89. The summed E-state index contributed by atoms with van der Waals surface area (Å²) >= 11 is 0. The maximum Gasteiger partial charge on any atom is 0.343 e. The number of morpholine rings is 1. The van der Waals surface area contributed by atoms with E-state index in [0.717, 1.165) is 50.4 Å². The van der Waals surface area contributed by atoms with E-state index in [0.29, 0.717) is 24.5 Å². The third-order valence-electron chi connectivity index (χ3n) is 6.12. The van der Waals surface area contributed by atoms with E-state index in [4.69, 9.17) is 14.2 Å². The molecule has 172 valence electrons. The van der Waals surface area contributed by atoms with Crippen molar-refractivity contribution < 1.29 is 24.1 Å². The Morgan fingerprint density at radius 3 is 2.72 bits per heavy atom. The zero-order valence-electron chi connectivity index (χ0n) is 18.6. The first-order valence-corrected chi connectivity index (χ1v) is 11.2. The van der Waals surface area contributed by atoms with Crippen LogP contribution in [-0.4, -0.2) is 66.6 Å². The quantitative estimate of drug-likeness (QED) is 0.659. The summed E-state index contributed by atoms with van der Waals surface area (Å²) in [5.41, 5.74) is 2.12. The van der Waals surface area contributed by atoms with Crippen LogP contribution in [0.3, 0.4) is 0 Å². The van der Waals surface area contributed by atoms with Crippen molar-refractivity contribution in [2.75, 3.05) is 46.1 Å². The molecule has 1 unspecified atom stereocenters. The Labute approximate surface area is 187 Å². The molecule has 1 atom stereocenters. The van der Waals surface area contributed by atoms with Crippen molar-refractivity contribution in [3.63, 3.8) is 0 Å². The number of rotatable bonds is 7. The number of ether oxygens (including phenoxy) is 3. The molecule has 32 heavy (non-hydrogen) atoms. The fourth-order valence-electron chi connectivity index (χ4n) is 4.37. The SMILES string of the molecule is CCOC(=O)c1cn2c(cc1=O)-c1cc(O)c(OCCN3CCOCC3)cc1CC2CC. The average molecular weight is 443 g/mol. The maximum atomic E-state index is 12.6. The van der Waals surface area contributed by atoms with Gasteiger partial charge >= 0.3 is 5.97 Å². The van der Waals surface area contributed by atoms with E-state index in [1.54, 1.807) is 19.2 Å².